The molecular formula is C21H24N2O. The fourth-order valence-corrected chi connectivity index (χ4v) is 3.04. The Morgan fingerprint density at radius 3 is 2.08 bits per heavy atom. The zero-order chi connectivity index (χ0) is 16.8. The molecule has 0 radical (unpaired) electrons. The van der Waals surface area contributed by atoms with E-state index in [-0.39, 0.29) is 5.91 Å². The van der Waals surface area contributed by atoms with E-state index >= 15 is 0 Å². The van der Waals surface area contributed by atoms with Crippen LogP contribution in [0.2, 0.25) is 0 Å². The summed E-state index contributed by atoms with van der Waals surface area (Å²) in [5, 5.41) is 0. The monoisotopic (exact) mass is 320 g/mol. The third-order valence-corrected chi connectivity index (χ3v) is 4.53. The largest absolute Gasteiger partial charge is 0.336 e. The molecule has 3 nitrogen and oxygen atoms in total. The summed E-state index contributed by atoms with van der Waals surface area (Å²) in [6.07, 6.45) is 2.00. The van der Waals surface area contributed by atoms with E-state index in [0.717, 1.165) is 49.4 Å². The summed E-state index contributed by atoms with van der Waals surface area (Å²) < 4.78 is 0. The van der Waals surface area contributed by atoms with Gasteiger partial charge in [0.1, 0.15) is 0 Å². The molecule has 24 heavy (non-hydrogen) atoms. The summed E-state index contributed by atoms with van der Waals surface area (Å²) in [4.78, 5) is 17.5. The van der Waals surface area contributed by atoms with Crippen LogP contribution in [0.3, 0.4) is 0 Å². The maximum atomic E-state index is 13.1. The van der Waals surface area contributed by atoms with E-state index in [4.69, 9.17) is 0 Å². The van der Waals surface area contributed by atoms with Crippen molar-refractivity contribution >= 4 is 17.6 Å². The lowest BCUT2D eigenvalue weighted by Gasteiger charge is -2.34. The third kappa shape index (κ3) is 3.92. The van der Waals surface area contributed by atoms with Gasteiger partial charge in [-0.05, 0) is 23.7 Å². The van der Waals surface area contributed by atoms with Crippen LogP contribution in [0.25, 0.3) is 11.6 Å². The lowest BCUT2D eigenvalue weighted by Crippen LogP contribution is -2.48. The minimum Gasteiger partial charge on any atom is -0.336 e. The lowest BCUT2D eigenvalue weighted by molar-refractivity contribution is -0.126. The molecule has 1 saturated heterocycles. The highest BCUT2D eigenvalue weighted by molar-refractivity contribution is 6.24. The quantitative estimate of drug-likeness (QED) is 0.637. The molecule has 0 saturated carbocycles. The molecule has 1 aliphatic heterocycles. The number of piperazine rings is 1. The second kappa shape index (κ2) is 7.93. The van der Waals surface area contributed by atoms with E-state index < -0.39 is 0 Å². The van der Waals surface area contributed by atoms with E-state index in [1.165, 1.54) is 0 Å². The maximum absolute atomic E-state index is 13.1. The summed E-state index contributed by atoms with van der Waals surface area (Å²) in [5.74, 6) is 0.126. The first-order valence-electron chi connectivity index (χ1n) is 8.61. The molecular weight excluding hydrogens is 296 g/mol. The third-order valence-electron chi connectivity index (χ3n) is 4.53. The van der Waals surface area contributed by atoms with Gasteiger partial charge in [-0.25, -0.2) is 0 Å². The van der Waals surface area contributed by atoms with Gasteiger partial charge in [0.2, 0.25) is 0 Å². The first-order chi connectivity index (χ1) is 11.8. The highest BCUT2D eigenvalue weighted by Crippen LogP contribution is 2.21. The van der Waals surface area contributed by atoms with Crippen molar-refractivity contribution in [3.05, 3.63) is 71.8 Å². The Hall–Kier alpha value is -2.39. The first kappa shape index (κ1) is 16.5. The number of benzene rings is 2. The molecule has 0 unspecified atom stereocenters. The molecule has 124 valence electrons. The van der Waals surface area contributed by atoms with Gasteiger partial charge in [0.05, 0.1) is 0 Å². The molecule has 2 aromatic rings. The standard InChI is InChI=1S/C21H24N2O/c1-2-22-13-15-23(16-14-22)21(24)20(19-11-7-4-8-12-19)17-18-9-5-3-6-10-18/h3-12,17H,2,13-16H2,1H3. The Bertz CT molecular complexity index is 686. The number of nitrogens with zero attached hydrogens (tertiary/aromatic N) is 2. The predicted octanol–water partition coefficient (Wildman–Crippen LogP) is 3.39. The molecule has 3 heteroatoms. The van der Waals surface area contributed by atoms with E-state index in [1.807, 2.05) is 71.6 Å². The zero-order valence-electron chi connectivity index (χ0n) is 14.2. The number of amides is 1. The van der Waals surface area contributed by atoms with Crippen molar-refractivity contribution in [2.24, 2.45) is 0 Å². The summed E-state index contributed by atoms with van der Waals surface area (Å²) >= 11 is 0. The van der Waals surface area contributed by atoms with Crippen LogP contribution in [0, 0.1) is 0 Å². The molecule has 0 aromatic heterocycles. The fraction of sp³-hybridized carbons (Fsp3) is 0.286. The van der Waals surface area contributed by atoms with Crippen LogP contribution in [-0.2, 0) is 4.79 Å². The molecule has 1 fully saturated rings. The van der Waals surface area contributed by atoms with Gasteiger partial charge in [-0.2, -0.15) is 0 Å². The smallest absolute Gasteiger partial charge is 0.254 e. The van der Waals surface area contributed by atoms with Gasteiger partial charge in [0, 0.05) is 31.8 Å². The molecule has 1 heterocycles. The molecule has 3 rings (SSSR count). The average Bonchev–Trinajstić information content (AvgIpc) is 2.67. The Kier molecular flexibility index (Phi) is 5.44. The van der Waals surface area contributed by atoms with Gasteiger partial charge in [-0.3, -0.25) is 4.79 Å². The van der Waals surface area contributed by atoms with Crippen LogP contribution >= 0.6 is 0 Å². The average molecular weight is 320 g/mol. The molecule has 1 amide bonds. The minimum atomic E-state index is 0.126. The summed E-state index contributed by atoms with van der Waals surface area (Å²) in [6, 6.07) is 20.0. The fourth-order valence-electron chi connectivity index (χ4n) is 3.04. The molecule has 0 bridgehead atoms. The number of carbonyl (C=O) groups is 1. The van der Waals surface area contributed by atoms with Crippen molar-refractivity contribution in [3.63, 3.8) is 0 Å². The molecule has 2 aromatic carbocycles. The number of hydrogen-bond donors (Lipinski definition) is 0. The van der Waals surface area contributed by atoms with E-state index in [0.29, 0.717) is 0 Å². The Morgan fingerprint density at radius 1 is 0.917 bits per heavy atom. The normalized spacial score (nSPS) is 16.2. The first-order valence-corrected chi connectivity index (χ1v) is 8.61. The summed E-state index contributed by atoms with van der Waals surface area (Å²) in [6.45, 7) is 6.72. The van der Waals surface area contributed by atoms with Gasteiger partial charge >= 0.3 is 0 Å². The number of hydrogen-bond acceptors (Lipinski definition) is 2. The van der Waals surface area contributed by atoms with Crippen molar-refractivity contribution in [2.45, 2.75) is 6.92 Å². The van der Waals surface area contributed by atoms with Crippen molar-refractivity contribution < 1.29 is 4.79 Å². The molecule has 1 aliphatic rings. The van der Waals surface area contributed by atoms with E-state index in [1.54, 1.807) is 0 Å². The molecule has 0 N–H and O–H groups in total. The highest BCUT2D eigenvalue weighted by Gasteiger charge is 2.23. The predicted molar refractivity (Wildman–Crippen MR) is 99.4 cm³/mol. The van der Waals surface area contributed by atoms with Crippen molar-refractivity contribution in [1.82, 2.24) is 9.80 Å². The SMILES string of the molecule is CCN1CCN(C(=O)C(=Cc2ccccc2)c2ccccc2)CC1. The second-order valence-electron chi connectivity index (χ2n) is 6.06. The van der Waals surface area contributed by atoms with Crippen LogP contribution in [0.1, 0.15) is 18.1 Å². The van der Waals surface area contributed by atoms with Crippen LogP contribution in [0.15, 0.2) is 60.7 Å². The summed E-state index contributed by atoms with van der Waals surface area (Å²) in [5.41, 5.74) is 2.80. The zero-order valence-corrected chi connectivity index (χ0v) is 14.2. The number of rotatable bonds is 4. The van der Waals surface area contributed by atoms with Gasteiger partial charge in [-0.1, -0.05) is 67.6 Å². The van der Waals surface area contributed by atoms with E-state index in [2.05, 4.69) is 11.8 Å². The molecule has 0 spiro atoms. The van der Waals surface area contributed by atoms with Crippen molar-refractivity contribution in [3.8, 4) is 0 Å². The Labute approximate surface area is 144 Å². The van der Waals surface area contributed by atoms with E-state index in [9.17, 15) is 4.79 Å². The van der Waals surface area contributed by atoms with Gasteiger partial charge in [-0.15, -0.1) is 0 Å². The van der Waals surface area contributed by atoms with Crippen LogP contribution in [0.5, 0.6) is 0 Å². The molecule has 0 aliphatic carbocycles. The number of likely N-dealkylation sites (N-methyl/N-ethyl adjacent to an activating group) is 1. The Morgan fingerprint density at radius 2 is 1.50 bits per heavy atom. The second-order valence-corrected chi connectivity index (χ2v) is 6.06. The molecule has 0 atom stereocenters. The van der Waals surface area contributed by atoms with Crippen LogP contribution < -0.4 is 0 Å². The van der Waals surface area contributed by atoms with Crippen LogP contribution in [-0.4, -0.2) is 48.4 Å². The van der Waals surface area contributed by atoms with Gasteiger partial charge < -0.3 is 9.80 Å². The lowest BCUT2D eigenvalue weighted by atomic mass is 10.0. The topological polar surface area (TPSA) is 23.6 Å². The minimum absolute atomic E-state index is 0.126. The number of carbonyl (C=O) groups excluding carboxylic acids is 1. The van der Waals surface area contributed by atoms with Crippen LogP contribution in [0.4, 0.5) is 0 Å². The van der Waals surface area contributed by atoms with Crippen molar-refractivity contribution in [2.75, 3.05) is 32.7 Å². The Balaban J connectivity index is 1.88. The van der Waals surface area contributed by atoms with Crippen molar-refractivity contribution in [1.29, 1.82) is 0 Å². The van der Waals surface area contributed by atoms with Gasteiger partial charge in [0.25, 0.3) is 5.91 Å². The van der Waals surface area contributed by atoms with Gasteiger partial charge in [0.15, 0.2) is 0 Å². The highest BCUT2D eigenvalue weighted by atomic mass is 16.2. The maximum Gasteiger partial charge on any atom is 0.254 e. The summed E-state index contributed by atoms with van der Waals surface area (Å²) in [7, 11) is 0.